The van der Waals surface area contributed by atoms with E-state index >= 15 is 0 Å². The molecule has 154 valence electrons. The second-order valence-corrected chi connectivity index (χ2v) is 8.18. The Labute approximate surface area is 172 Å². The molecule has 1 atom stereocenters. The van der Waals surface area contributed by atoms with Crippen molar-refractivity contribution in [1.29, 1.82) is 5.26 Å². The molecule has 0 amide bonds. The number of aliphatic hydroxyl groups is 1. The Balaban J connectivity index is 2.08. The van der Waals surface area contributed by atoms with Crippen LogP contribution in [0.4, 0.5) is 10.2 Å². The number of nitrogens with two attached hydrogens (primary N) is 1. The molecule has 1 aromatic heterocycles. The first-order valence-corrected chi connectivity index (χ1v) is 10.3. The highest BCUT2D eigenvalue weighted by molar-refractivity contribution is 7.89. The molecule has 0 fully saturated rings. The van der Waals surface area contributed by atoms with Crippen molar-refractivity contribution in [2.45, 2.75) is 17.9 Å². The van der Waals surface area contributed by atoms with Gasteiger partial charge in [0, 0.05) is 17.2 Å². The van der Waals surface area contributed by atoms with Crippen LogP contribution >= 0.6 is 0 Å². The molecule has 0 spiro atoms. The highest BCUT2D eigenvalue weighted by Gasteiger charge is 2.22. The van der Waals surface area contributed by atoms with E-state index in [9.17, 15) is 18.1 Å². The first-order chi connectivity index (χ1) is 14.3. The monoisotopic (exact) mass is 427 g/mol. The van der Waals surface area contributed by atoms with Crippen LogP contribution in [0.25, 0.3) is 22.4 Å². The zero-order chi connectivity index (χ0) is 21.9. The number of nitrogen functional groups attached to an aromatic ring is 1. The minimum atomic E-state index is -3.95. The number of nitrogens with one attached hydrogen (secondary N) is 1. The summed E-state index contributed by atoms with van der Waals surface area (Å²) in [7, 11) is -3.95. The molecule has 2 aromatic carbocycles. The standard InChI is InChI=1S/C20H18FN5O3S/c1-12(11-27)26-30(28,29)18-5-3-2-4-14(18)13-6-7-15(16(21)8-13)20-17(9-22)25-19(23)10-24-20/h2-8,10,12,26-27H,11H2,1H3,(H2,23,25)/t12-/m0/s1. The molecule has 0 aliphatic rings. The van der Waals surface area contributed by atoms with Crippen molar-refractivity contribution < 1.29 is 17.9 Å². The van der Waals surface area contributed by atoms with Crippen LogP contribution in [0, 0.1) is 17.1 Å². The van der Waals surface area contributed by atoms with E-state index in [1.165, 1.54) is 37.4 Å². The maximum atomic E-state index is 14.9. The van der Waals surface area contributed by atoms with Crippen molar-refractivity contribution in [2.24, 2.45) is 0 Å². The quantitative estimate of drug-likeness (QED) is 0.546. The molecule has 10 heteroatoms. The molecule has 30 heavy (non-hydrogen) atoms. The molecule has 0 unspecified atom stereocenters. The third kappa shape index (κ3) is 4.28. The number of aromatic nitrogens is 2. The minimum Gasteiger partial charge on any atom is -0.395 e. The second-order valence-electron chi connectivity index (χ2n) is 6.50. The fraction of sp³-hybridized carbons (Fsp3) is 0.150. The van der Waals surface area contributed by atoms with Crippen molar-refractivity contribution in [3.63, 3.8) is 0 Å². The Bertz CT molecular complexity index is 1240. The van der Waals surface area contributed by atoms with E-state index in [1.54, 1.807) is 18.2 Å². The van der Waals surface area contributed by atoms with Crippen LogP contribution in [0.2, 0.25) is 0 Å². The second kappa shape index (κ2) is 8.54. The summed E-state index contributed by atoms with van der Waals surface area (Å²) >= 11 is 0. The number of anilines is 1. The molecule has 0 radical (unpaired) electrons. The number of nitriles is 1. The van der Waals surface area contributed by atoms with Gasteiger partial charge in [0.1, 0.15) is 23.4 Å². The van der Waals surface area contributed by atoms with Crippen molar-refractivity contribution in [3.8, 4) is 28.5 Å². The first-order valence-electron chi connectivity index (χ1n) is 8.82. The summed E-state index contributed by atoms with van der Waals surface area (Å²) in [6, 6.07) is 11.4. The Morgan fingerprint density at radius 3 is 2.67 bits per heavy atom. The van der Waals surface area contributed by atoms with Gasteiger partial charge in [-0.15, -0.1) is 0 Å². The molecular weight excluding hydrogens is 409 g/mol. The number of halogens is 1. The number of hydrogen-bond acceptors (Lipinski definition) is 7. The summed E-state index contributed by atoms with van der Waals surface area (Å²) in [4.78, 5) is 7.80. The molecule has 8 nitrogen and oxygen atoms in total. The van der Waals surface area contributed by atoms with Crippen LogP contribution in [0.5, 0.6) is 0 Å². The average Bonchev–Trinajstić information content (AvgIpc) is 2.73. The summed E-state index contributed by atoms with van der Waals surface area (Å²) in [6.07, 6.45) is 1.22. The molecular formula is C20H18FN5O3S. The van der Waals surface area contributed by atoms with Gasteiger partial charge < -0.3 is 10.8 Å². The zero-order valence-corrected chi connectivity index (χ0v) is 16.7. The molecule has 0 saturated carbocycles. The van der Waals surface area contributed by atoms with Gasteiger partial charge in [0.05, 0.1) is 17.7 Å². The lowest BCUT2D eigenvalue weighted by Crippen LogP contribution is -2.35. The van der Waals surface area contributed by atoms with Gasteiger partial charge in [0.15, 0.2) is 5.69 Å². The molecule has 0 bridgehead atoms. The van der Waals surface area contributed by atoms with Gasteiger partial charge in [-0.25, -0.2) is 27.5 Å². The Hall–Kier alpha value is -3.39. The van der Waals surface area contributed by atoms with Gasteiger partial charge in [-0.3, -0.25) is 0 Å². The van der Waals surface area contributed by atoms with Crippen LogP contribution in [0.15, 0.2) is 53.6 Å². The Morgan fingerprint density at radius 2 is 2.00 bits per heavy atom. The van der Waals surface area contributed by atoms with E-state index in [-0.39, 0.29) is 39.8 Å². The Morgan fingerprint density at radius 1 is 1.27 bits per heavy atom. The van der Waals surface area contributed by atoms with Crippen molar-refractivity contribution in [2.75, 3.05) is 12.3 Å². The number of nitrogens with zero attached hydrogens (tertiary/aromatic N) is 3. The van der Waals surface area contributed by atoms with Gasteiger partial charge in [0.25, 0.3) is 0 Å². The number of aliphatic hydroxyl groups excluding tert-OH is 1. The minimum absolute atomic E-state index is 0.0371. The number of rotatable bonds is 6. The number of benzene rings is 2. The van der Waals surface area contributed by atoms with Gasteiger partial charge in [-0.05, 0) is 30.7 Å². The molecule has 4 N–H and O–H groups in total. The lowest BCUT2D eigenvalue weighted by atomic mass is 10.0. The van der Waals surface area contributed by atoms with Crippen LogP contribution < -0.4 is 10.5 Å². The molecule has 0 aliphatic carbocycles. The fourth-order valence-corrected chi connectivity index (χ4v) is 4.32. The molecule has 0 aliphatic heterocycles. The van der Waals surface area contributed by atoms with Crippen molar-refractivity contribution >= 4 is 15.8 Å². The van der Waals surface area contributed by atoms with Crippen molar-refractivity contribution in [1.82, 2.24) is 14.7 Å². The summed E-state index contributed by atoms with van der Waals surface area (Å²) < 4.78 is 42.7. The van der Waals surface area contributed by atoms with Crippen LogP contribution in [-0.4, -0.2) is 36.1 Å². The van der Waals surface area contributed by atoms with E-state index in [0.717, 1.165) is 0 Å². The smallest absolute Gasteiger partial charge is 0.241 e. The van der Waals surface area contributed by atoms with Gasteiger partial charge in [-0.1, -0.05) is 24.3 Å². The average molecular weight is 427 g/mol. The summed E-state index contributed by atoms with van der Waals surface area (Å²) in [5.41, 5.74) is 6.08. The molecule has 0 saturated heterocycles. The van der Waals surface area contributed by atoms with E-state index in [4.69, 9.17) is 10.8 Å². The third-order valence-electron chi connectivity index (χ3n) is 4.24. The predicted molar refractivity (Wildman–Crippen MR) is 109 cm³/mol. The topological polar surface area (TPSA) is 142 Å². The van der Waals surface area contributed by atoms with Crippen LogP contribution in [-0.2, 0) is 10.0 Å². The maximum absolute atomic E-state index is 14.9. The lowest BCUT2D eigenvalue weighted by Gasteiger charge is -2.15. The maximum Gasteiger partial charge on any atom is 0.241 e. The highest BCUT2D eigenvalue weighted by atomic mass is 32.2. The van der Waals surface area contributed by atoms with E-state index < -0.39 is 21.9 Å². The highest BCUT2D eigenvalue weighted by Crippen LogP contribution is 2.32. The number of sulfonamides is 1. The van der Waals surface area contributed by atoms with Crippen LogP contribution in [0.3, 0.4) is 0 Å². The zero-order valence-electron chi connectivity index (χ0n) is 15.9. The van der Waals surface area contributed by atoms with Gasteiger partial charge in [0.2, 0.25) is 10.0 Å². The van der Waals surface area contributed by atoms with Gasteiger partial charge in [-0.2, -0.15) is 5.26 Å². The molecule has 3 rings (SSSR count). The third-order valence-corrected chi connectivity index (χ3v) is 5.89. The van der Waals surface area contributed by atoms with E-state index in [0.29, 0.717) is 5.56 Å². The normalized spacial score (nSPS) is 12.3. The summed E-state index contributed by atoms with van der Waals surface area (Å²) in [5, 5.41) is 18.4. The Kier molecular flexibility index (Phi) is 6.07. The van der Waals surface area contributed by atoms with E-state index in [1.807, 2.05) is 6.07 Å². The number of hydrogen-bond donors (Lipinski definition) is 3. The van der Waals surface area contributed by atoms with Gasteiger partial charge >= 0.3 is 0 Å². The lowest BCUT2D eigenvalue weighted by molar-refractivity contribution is 0.265. The van der Waals surface area contributed by atoms with Crippen LogP contribution in [0.1, 0.15) is 12.6 Å². The van der Waals surface area contributed by atoms with Crippen molar-refractivity contribution in [3.05, 3.63) is 60.2 Å². The fourth-order valence-electron chi connectivity index (χ4n) is 2.86. The largest absolute Gasteiger partial charge is 0.395 e. The predicted octanol–water partition coefficient (Wildman–Crippen LogP) is 2.06. The SMILES string of the molecule is C[C@@H](CO)NS(=O)(=O)c1ccccc1-c1ccc(-c2ncc(N)nc2C#N)c(F)c1. The molecule has 1 heterocycles. The summed E-state index contributed by atoms with van der Waals surface area (Å²) in [6.45, 7) is 1.16. The van der Waals surface area contributed by atoms with E-state index in [2.05, 4.69) is 14.7 Å². The summed E-state index contributed by atoms with van der Waals surface area (Å²) in [5.74, 6) is -0.664. The molecule has 3 aromatic rings. The first kappa shape index (κ1) is 21.3.